The number of rotatable bonds is 3. The molecule has 1 saturated carbocycles. The van der Waals surface area contributed by atoms with E-state index in [1.807, 2.05) is 16.8 Å². The molecule has 0 radical (unpaired) electrons. The van der Waals surface area contributed by atoms with E-state index in [0.29, 0.717) is 23.1 Å². The maximum Gasteiger partial charge on any atom is 0.272 e. The van der Waals surface area contributed by atoms with Crippen molar-refractivity contribution in [1.82, 2.24) is 4.57 Å². The summed E-state index contributed by atoms with van der Waals surface area (Å²) in [5.74, 6) is -0.698. The second-order valence-corrected chi connectivity index (χ2v) is 4.72. The van der Waals surface area contributed by atoms with Crippen LogP contribution in [0.25, 0.3) is 0 Å². The van der Waals surface area contributed by atoms with Crippen molar-refractivity contribution < 1.29 is 9.18 Å². The number of halogens is 1. The van der Waals surface area contributed by atoms with Crippen LogP contribution in [0.15, 0.2) is 36.5 Å². The van der Waals surface area contributed by atoms with Gasteiger partial charge in [-0.25, -0.2) is 4.39 Å². The Morgan fingerprint density at radius 3 is 2.89 bits per heavy atom. The highest BCUT2D eigenvalue weighted by molar-refractivity contribution is 6.04. The van der Waals surface area contributed by atoms with Gasteiger partial charge in [0.25, 0.3) is 5.91 Å². The Morgan fingerprint density at radius 1 is 1.37 bits per heavy atom. The standard InChI is InChI=1S/C14H14FN3O/c15-9-3-6-11(16)12(8-9)17-14(19)13-2-1-7-18(13)10-4-5-10/h1-3,6-8,10H,4-5,16H2,(H,17,19). The lowest BCUT2D eigenvalue weighted by molar-refractivity contribution is 0.101. The Kier molecular flexibility index (Phi) is 2.74. The molecule has 1 aromatic carbocycles. The molecule has 0 unspecified atom stereocenters. The van der Waals surface area contributed by atoms with Crippen molar-refractivity contribution in [3.05, 3.63) is 48.0 Å². The van der Waals surface area contributed by atoms with Crippen molar-refractivity contribution in [2.75, 3.05) is 11.1 Å². The number of carbonyl (C=O) groups excluding carboxylic acids is 1. The predicted molar refractivity (Wildman–Crippen MR) is 71.5 cm³/mol. The van der Waals surface area contributed by atoms with Crippen LogP contribution in [0.4, 0.5) is 15.8 Å². The first kappa shape index (κ1) is 11.8. The van der Waals surface area contributed by atoms with Gasteiger partial charge in [0.1, 0.15) is 11.5 Å². The zero-order valence-electron chi connectivity index (χ0n) is 10.3. The average molecular weight is 259 g/mol. The van der Waals surface area contributed by atoms with Gasteiger partial charge in [0.05, 0.1) is 11.4 Å². The molecular weight excluding hydrogens is 245 g/mol. The number of benzene rings is 1. The Balaban J connectivity index is 1.84. The summed E-state index contributed by atoms with van der Waals surface area (Å²) in [5, 5.41) is 2.65. The smallest absolute Gasteiger partial charge is 0.272 e. The Hall–Kier alpha value is -2.30. The van der Waals surface area contributed by atoms with Gasteiger partial charge in [-0.1, -0.05) is 0 Å². The first-order valence-corrected chi connectivity index (χ1v) is 6.18. The van der Waals surface area contributed by atoms with E-state index in [4.69, 9.17) is 5.73 Å². The number of hydrogen-bond donors (Lipinski definition) is 2. The molecule has 2 aromatic rings. The highest BCUT2D eigenvalue weighted by atomic mass is 19.1. The molecule has 3 N–H and O–H groups in total. The molecule has 5 heteroatoms. The van der Waals surface area contributed by atoms with Crippen molar-refractivity contribution in [3.63, 3.8) is 0 Å². The number of nitrogen functional groups attached to an aromatic ring is 1. The highest BCUT2D eigenvalue weighted by Gasteiger charge is 2.26. The minimum Gasteiger partial charge on any atom is -0.397 e. The fourth-order valence-corrected chi connectivity index (χ4v) is 2.08. The summed E-state index contributed by atoms with van der Waals surface area (Å²) in [6.07, 6.45) is 4.08. The van der Waals surface area contributed by atoms with Crippen molar-refractivity contribution in [1.29, 1.82) is 0 Å². The number of hydrogen-bond acceptors (Lipinski definition) is 2. The zero-order valence-corrected chi connectivity index (χ0v) is 10.3. The zero-order chi connectivity index (χ0) is 13.4. The summed E-state index contributed by atoms with van der Waals surface area (Å²) in [6, 6.07) is 7.92. The van der Waals surface area contributed by atoms with Crippen LogP contribution in [0.2, 0.25) is 0 Å². The largest absolute Gasteiger partial charge is 0.397 e. The molecular formula is C14H14FN3O. The molecule has 1 fully saturated rings. The Bertz CT molecular complexity index is 631. The number of anilines is 2. The topological polar surface area (TPSA) is 60.0 Å². The molecule has 1 amide bonds. The summed E-state index contributed by atoms with van der Waals surface area (Å²) in [6.45, 7) is 0. The summed E-state index contributed by atoms with van der Waals surface area (Å²) in [5.41, 5.74) is 6.93. The second kappa shape index (κ2) is 4.42. The Morgan fingerprint density at radius 2 is 2.16 bits per heavy atom. The predicted octanol–water partition coefficient (Wildman–Crippen LogP) is 2.80. The number of aromatic nitrogens is 1. The SMILES string of the molecule is Nc1ccc(F)cc1NC(=O)c1cccn1C1CC1. The number of amides is 1. The summed E-state index contributed by atoms with van der Waals surface area (Å²) >= 11 is 0. The van der Waals surface area contributed by atoms with E-state index in [1.54, 1.807) is 6.07 Å². The maximum absolute atomic E-state index is 13.1. The van der Waals surface area contributed by atoms with Crippen LogP contribution in [0.3, 0.4) is 0 Å². The van der Waals surface area contributed by atoms with Crippen LogP contribution in [0.5, 0.6) is 0 Å². The third-order valence-corrected chi connectivity index (χ3v) is 3.22. The third-order valence-electron chi connectivity index (χ3n) is 3.22. The number of nitrogens with zero attached hydrogens (tertiary/aromatic N) is 1. The lowest BCUT2D eigenvalue weighted by Crippen LogP contribution is -2.17. The molecule has 1 heterocycles. The van der Waals surface area contributed by atoms with Gasteiger partial charge < -0.3 is 15.6 Å². The van der Waals surface area contributed by atoms with E-state index in [-0.39, 0.29) is 5.91 Å². The normalized spacial score (nSPS) is 14.4. The third kappa shape index (κ3) is 2.31. The molecule has 19 heavy (non-hydrogen) atoms. The molecule has 0 atom stereocenters. The summed E-state index contributed by atoms with van der Waals surface area (Å²) < 4.78 is 15.1. The molecule has 1 aliphatic carbocycles. The van der Waals surface area contributed by atoms with Gasteiger partial charge in [-0.15, -0.1) is 0 Å². The van der Waals surface area contributed by atoms with Gasteiger partial charge in [0.2, 0.25) is 0 Å². The Labute approximate surface area is 110 Å². The molecule has 1 aromatic heterocycles. The molecule has 98 valence electrons. The molecule has 3 rings (SSSR count). The van der Waals surface area contributed by atoms with Crippen LogP contribution < -0.4 is 11.1 Å². The van der Waals surface area contributed by atoms with Crippen LogP contribution in [0.1, 0.15) is 29.4 Å². The van der Waals surface area contributed by atoms with Gasteiger partial charge in [-0.3, -0.25) is 4.79 Å². The number of nitrogens with two attached hydrogens (primary N) is 1. The van der Waals surface area contributed by atoms with Crippen molar-refractivity contribution >= 4 is 17.3 Å². The van der Waals surface area contributed by atoms with Crippen molar-refractivity contribution in [2.24, 2.45) is 0 Å². The van der Waals surface area contributed by atoms with Crippen molar-refractivity contribution in [3.8, 4) is 0 Å². The van der Waals surface area contributed by atoms with E-state index in [2.05, 4.69) is 5.32 Å². The summed E-state index contributed by atoms with van der Waals surface area (Å²) in [4.78, 5) is 12.2. The molecule has 0 spiro atoms. The van der Waals surface area contributed by atoms with Gasteiger partial charge >= 0.3 is 0 Å². The fraction of sp³-hybridized carbons (Fsp3) is 0.214. The fourth-order valence-electron chi connectivity index (χ4n) is 2.08. The van der Waals surface area contributed by atoms with E-state index < -0.39 is 5.82 Å². The van der Waals surface area contributed by atoms with E-state index in [1.165, 1.54) is 18.2 Å². The van der Waals surface area contributed by atoms with E-state index >= 15 is 0 Å². The first-order chi connectivity index (χ1) is 9.15. The molecule has 4 nitrogen and oxygen atoms in total. The van der Waals surface area contributed by atoms with Crippen LogP contribution in [-0.2, 0) is 0 Å². The molecule has 1 aliphatic rings. The van der Waals surface area contributed by atoms with E-state index in [9.17, 15) is 9.18 Å². The second-order valence-electron chi connectivity index (χ2n) is 4.72. The first-order valence-electron chi connectivity index (χ1n) is 6.18. The molecule has 0 aliphatic heterocycles. The van der Waals surface area contributed by atoms with Crippen molar-refractivity contribution in [2.45, 2.75) is 18.9 Å². The summed E-state index contributed by atoms with van der Waals surface area (Å²) in [7, 11) is 0. The number of nitrogens with one attached hydrogen (secondary N) is 1. The van der Waals surface area contributed by atoms with Crippen LogP contribution >= 0.6 is 0 Å². The molecule has 0 saturated heterocycles. The quantitative estimate of drug-likeness (QED) is 0.833. The average Bonchev–Trinajstić information content (AvgIpc) is 3.11. The van der Waals surface area contributed by atoms with Crippen LogP contribution in [-0.4, -0.2) is 10.5 Å². The number of carbonyl (C=O) groups is 1. The van der Waals surface area contributed by atoms with E-state index in [0.717, 1.165) is 12.8 Å². The maximum atomic E-state index is 13.1. The van der Waals surface area contributed by atoms with Gasteiger partial charge in [-0.2, -0.15) is 0 Å². The monoisotopic (exact) mass is 259 g/mol. The lowest BCUT2D eigenvalue weighted by Gasteiger charge is -2.10. The minimum absolute atomic E-state index is 0.269. The van der Waals surface area contributed by atoms with Gasteiger partial charge in [0, 0.05) is 12.2 Å². The van der Waals surface area contributed by atoms with Gasteiger partial charge in [-0.05, 0) is 43.2 Å². The highest BCUT2D eigenvalue weighted by Crippen LogP contribution is 2.36. The molecule has 0 bridgehead atoms. The van der Waals surface area contributed by atoms with Crippen LogP contribution in [0, 0.1) is 5.82 Å². The van der Waals surface area contributed by atoms with Gasteiger partial charge in [0.15, 0.2) is 0 Å². The lowest BCUT2D eigenvalue weighted by atomic mass is 10.2. The minimum atomic E-state index is -0.429.